The summed E-state index contributed by atoms with van der Waals surface area (Å²) >= 11 is 3.12. The van der Waals surface area contributed by atoms with Crippen molar-refractivity contribution < 1.29 is 4.79 Å². The molecule has 7 heteroatoms. The van der Waals surface area contributed by atoms with E-state index in [1.165, 1.54) is 11.1 Å². The standard InChI is InChI=1S/C21H22N4OS2/c1-13-5-8-17-19(14(13)2)23-21(28-17)25(10-9-24(3)4)20(26)15-6-7-16-18(11-15)27-12-22-16/h5-8,11-12H,9-10H2,1-4H3. The normalized spacial score (nSPS) is 11.6. The fourth-order valence-corrected chi connectivity index (χ4v) is 4.82. The van der Waals surface area contributed by atoms with Crippen molar-refractivity contribution in [2.24, 2.45) is 0 Å². The van der Waals surface area contributed by atoms with Gasteiger partial charge < -0.3 is 4.90 Å². The molecule has 5 nitrogen and oxygen atoms in total. The molecule has 0 fully saturated rings. The van der Waals surface area contributed by atoms with Crippen LogP contribution in [0.2, 0.25) is 0 Å². The Hall–Kier alpha value is -2.35. The number of aromatic nitrogens is 2. The number of anilines is 1. The Morgan fingerprint density at radius 1 is 1.07 bits per heavy atom. The number of likely N-dealkylation sites (N-methyl/N-ethyl adjacent to an activating group) is 1. The average Bonchev–Trinajstić information content (AvgIpc) is 3.31. The van der Waals surface area contributed by atoms with Gasteiger partial charge in [-0.1, -0.05) is 17.4 Å². The number of hydrogen-bond donors (Lipinski definition) is 0. The fourth-order valence-electron chi connectivity index (χ4n) is 3.06. The first-order valence-corrected chi connectivity index (χ1v) is 10.8. The summed E-state index contributed by atoms with van der Waals surface area (Å²) < 4.78 is 2.13. The van der Waals surface area contributed by atoms with E-state index in [0.29, 0.717) is 12.1 Å². The third-order valence-corrected chi connectivity index (χ3v) is 6.73. The van der Waals surface area contributed by atoms with Gasteiger partial charge in [-0.05, 0) is 63.3 Å². The summed E-state index contributed by atoms with van der Waals surface area (Å²) in [6.07, 6.45) is 0. The van der Waals surface area contributed by atoms with Crippen LogP contribution in [0.5, 0.6) is 0 Å². The summed E-state index contributed by atoms with van der Waals surface area (Å²) in [5, 5.41) is 0.750. The maximum atomic E-state index is 13.4. The van der Waals surface area contributed by atoms with E-state index in [0.717, 1.165) is 32.1 Å². The summed E-state index contributed by atoms with van der Waals surface area (Å²) in [7, 11) is 4.02. The maximum Gasteiger partial charge on any atom is 0.260 e. The van der Waals surface area contributed by atoms with Crippen molar-refractivity contribution >= 4 is 54.1 Å². The van der Waals surface area contributed by atoms with Gasteiger partial charge in [0, 0.05) is 18.7 Å². The van der Waals surface area contributed by atoms with Crippen molar-refractivity contribution in [3.8, 4) is 0 Å². The quantitative estimate of drug-likeness (QED) is 0.477. The minimum atomic E-state index is -0.0226. The minimum absolute atomic E-state index is 0.0226. The van der Waals surface area contributed by atoms with Crippen LogP contribution in [0.25, 0.3) is 20.4 Å². The minimum Gasteiger partial charge on any atom is -0.308 e. The monoisotopic (exact) mass is 410 g/mol. The second-order valence-corrected chi connectivity index (χ2v) is 9.04. The average molecular weight is 411 g/mol. The van der Waals surface area contributed by atoms with Crippen molar-refractivity contribution in [1.29, 1.82) is 0 Å². The summed E-state index contributed by atoms with van der Waals surface area (Å²) in [6, 6.07) is 9.91. The van der Waals surface area contributed by atoms with Gasteiger partial charge in [0.25, 0.3) is 5.91 Å². The van der Waals surface area contributed by atoms with Gasteiger partial charge in [0.2, 0.25) is 0 Å². The molecule has 2 aromatic carbocycles. The van der Waals surface area contributed by atoms with E-state index < -0.39 is 0 Å². The Morgan fingerprint density at radius 2 is 1.89 bits per heavy atom. The Bertz CT molecular complexity index is 1160. The lowest BCUT2D eigenvalue weighted by Crippen LogP contribution is -2.36. The number of hydrogen-bond acceptors (Lipinski definition) is 6. The second-order valence-electron chi connectivity index (χ2n) is 7.15. The summed E-state index contributed by atoms with van der Waals surface area (Å²) in [5.74, 6) is -0.0226. The smallest absolute Gasteiger partial charge is 0.260 e. The summed E-state index contributed by atoms with van der Waals surface area (Å²) in [5.41, 5.74) is 6.77. The third-order valence-electron chi connectivity index (χ3n) is 4.90. The highest BCUT2D eigenvalue weighted by Gasteiger charge is 2.22. The van der Waals surface area contributed by atoms with E-state index in [4.69, 9.17) is 4.98 Å². The molecule has 0 N–H and O–H groups in total. The SMILES string of the molecule is Cc1ccc2sc(N(CCN(C)C)C(=O)c3ccc4ncsc4c3)nc2c1C. The molecule has 2 aromatic heterocycles. The van der Waals surface area contributed by atoms with Gasteiger partial charge in [-0.15, -0.1) is 11.3 Å². The zero-order valence-corrected chi connectivity index (χ0v) is 18.0. The Balaban J connectivity index is 1.76. The third kappa shape index (κ3) is 3.53. The van der Waals surface area contributed by atoms with E-state index in [1.54, 1.807) is 28.2 Å². The fraction of sp³-hybridized carbons (Fsp3) is 0.286. The zero-order chi connectivity index (χ0) is 19.8. The molecular weight excluding hydrogens is 388 g/mol. The van der Waals surface area contributed by atoms with E-state index in [-0.39, 0.29) is 5.91 Å². The molecule has 0 aliphatic carbocycles. The highest BCUT2D eigenvalue weighted by atomic mass is 32.1. The van der Waals surface area contributed by atoms with Crippen LogP contribution in [0.15, 0.2) is 35.8 Å². The summed E-state index contributed by atoms with van der Waals surface area (Å²) in [6.45, 7) is 5.53. The first-order valence-electron chi connectivity index (χ1n) is 9.10. The number of thiazole rings is 2. The van der Waals surface area contributed by atoms with Gasteiger partial charge in [0.05, 0.1) is 25.9 Å². The number of benzene rings is 2. The Labute approximate surface area is 172 Å². The van der Waals surface area contributed by atoms with Crippen molar-refractivity contribution in [3.05, 3.63) is 52.5 Å². The number of nitrogens with zero attached hydrogens (tertiary/aromatic N) is 4. The number of amides is 1. The van der Waals surface area contributed by atoms with Gasteiger partial charge >= 0.3 is 0 Å². The van der Waals surface area contributed by atoms with Crippen molar-refractivity contribution in [2.75, 3.05) is 32.1 Å². The number of fused-ring (bicyclic) bond motifs is 2. The van der Waals surface area contributed by atoms with Gasteiger partial charge in [-0.25, -0.2) is 9.97 Å². The molecule has 0 unspecified atom stereocenters. The van der Waals surface area contributed by atoms with Gasteiger partial charge in [0.1, 0.15) is 0 Å². The molecule has 0 aliphatic rings. The van der Waals surface area contributed by atoms with Crippen molar-refractivity contribution in [3.63, 3.8) is 0 Å². The van der Waals surface area contributed by atoms with Gasteiger partial charge in [-0.2, -0.15) is 0 Å². The highest BCUT2D eigenvalue weighted by molar-refractivity contribution is 7.22. The highest BCUT2D eigenvalue weighted by Crippen LogP contribution is 2.33. The van der Waals surface area contributed by atoms with E-state index in [9.17, 15) is 4.79 Å². The van der Waals surface area contributed by atoms with E-state index in [2.05, 4.69) is 35.9 Å². The predicted molar refractivity (Wildman–Crippen MR) is 119 cm³/mol. The molecule has 4 rings (SSSR count). The molecule has 144 valence electrons. The van der Waals surface area contributed by atoms with E-state index in [1.807, 2.05) is 37.2 Å². The lowest BCUT2D eigenvalue weighted by Gasteiger charge is -2.22. The Morgan fingerprint density at radius 3 is 2.68 bits per heavy atom. The van der Waals surface area contributed by atoms with Gasteiger partial charge in [-0.3, -0.25) is 9.69 Å². The van der Waals surface area contributed by atoms with Crippen LogP contribution in [-0.4, -0.2) is 48.0 Å². The molecule has 4 aromatic rings. The molecule has 0 atom stereocenters. The summed E-state index contributed by atoms with van der Waals surface area (Å²) in [4.78, 5) is 26.4. The largest absolute Gasteiger partial charge is 0.308 e. The second kappa shape index (κ2) is 7.58. The van der Waals surface area contributed by atoms with Crippen LogP contribution in [0.4, 0.5) is 5.13 Å². The Kier molecular flexibility index (Phi) is 5.14. The molecule has 2 heterocycles. The van der Waals surface area contributed by atoms with Crippen LogP contribution in [0.3, 0.4) is 0 Å². The number of carbonyl (C=O) groups is 1. The van der Waals surface area contributed by atoms with Crippen molar-refractivity contribution in [1.82, 2.24) is 14.9 Å². The molecule has 0 spiro atoms. The first-order chi connectivity index (χ1) is 13.4. The van der Waals surface area contributed by atoms with Gasteiger partial charge in [0.15, 0.2) is 5.13 Å². The predicted octanol–water partition coefficient (Wildman–Crippen LogP) is 4.73. The maximum absolute atomic E-state index is 13.4. The van der Waals surface area contributed by atoms with Crippen molar-refractivity contribution in [2.45, 2.75) is 13.8 Å². The first kappa shape index (κ1) is 19.0. The molecular formula is C21H22N4OS2. The van der Waals surface area contributed by atoms with E-state index >= 15 is 0 Å². The molecule has 0 bridgehead atoms. The number of rotatable bonds is 5. The molecule has 1 amide bonds. The van der Waals surface area contributed by atoms with Crippen LogP contribution >= 0.6 is 22.7 Å². The van der Waals surface area contributed by atoms with Crippen LogP contribution in [0, 0.1) is 13.8 Å². The lowest BCUT2D eigenvalue weighted by molar-refractivity contribution is 0.0985. The molecule has 0 radical (unpaired) electrons. The van der Waals surface area contributed by atoms with Crippen LogP contribution < -0.4 is 4.90 Å². The number of aryl methyl sites for hydroxylation is 2. The lowest BCUT2D eigenvalue weighted by atomic mass is 10.1. The molecule has 0 saturated heterocycles. The van der Waals surface area contributed by atoms with Crippen LogP contribution in [0.1, 0.15) is 21.5 Å². The number of carbonyl (C=O) groups excluding carboxylic acids is 1. The van der Waals surface area contributed by atoms with Crippen LogP contribution in [-0.2, 0) is 0 Å². The topological polar surface area (TPSA) is 49.3 Å². The zero-order valence-electron chi connectivity index (χ0n) is 16.4. The molecule has 28 heavy (non-hydrogen) atoms. The molecule has 0 saturated carbocycles. The molecule has 0 aliphatic heterocycles.